The van der Waals surface area contributed by atoms with E-state index in [0.717, 1.165) is 25.7 Å². The number of allylic oxidation sites excluding steroid dienone is 1. The van der Waals surface area contributed by atoms with Crippen LogP contribution < -0.4 is 14.2 Å². The van der Waals surface area contributed by atoms with E-state index >= 15 is 0 Å². The van der Waals surface area contributed by atoms with Gasteiger partial charge in [0.05, 0.1) is 34.4 Å². The lowest BCUT2D eigenvalue weighted by atomic mass is 10.1. The Kier molecular flexibility index (Phi) is 7.06. The van der Waals surface area contributed by atoms with Crippen LogP contribution in [0.5, 0.6) is 17.2 Å². The van der Waals surface area contributed by atoms with Crippen LogP contribution in [0.4, 0.5) is 0 Å². The molecule has 1 heterocycles. The van der Waals surface area contributed by atoms with Gasteiger partial charge in [0.25, 0.3) is 0 Å². The number of ether oxygens (including phenoxy) is 3. The van der Waals surface area contributed by atoms with E-state index in [1.807, 2.05) is 54.6 Å². The molecule has 3 aromatic carbocycles. The summed E-state index contributed by atoms with van der Waals surface area (Å²) >= 11 is 8.43. The fraction of sp³-hybridized carbons (Fsp3) is 0.120. The summed E-state index contributed by atoms with van der Waals surface area (Å²) in [4.78, 5) is 7.72. The van der Waals surface area contributed by atoms with Gasteiger partial charge in [-0.3, -0.25) is 0 Å². The summed E-state index contributed by atoms with van der Waals surface area (Å²) < 4.78 is 17.7. The van der Waals surface area contributed by atoms with E-state index < -0.39 is 0 Å². The Hall–Kier alpha value is -3.22. The molecule has 1 N–H and O–H groups in total. The molecule has 0 amide bonds. The van der Waals surface area contributed by atoms with E-state index in [4.69, 9.17) is 25.8 Å². The first-order valence-corrected chi connectivity index (χ1v) is 11.4. The summed E-state index contributed by atoms with van der Waals surface area (Å²) in [6, 6.07) is 19.0. The summed E-state index contributed by atoms with van der Waals surface area (Å²) in [5.41, 5.74) is 3.61. The van der Waals surface area contributed by atoms with Crippen molar-refractivity contribution >= 4 is 56.9 Å². The molecule has 0 aliphatic carbocycles. The summed E-state index contributed by atoms with van der Waals surface area (Å²) in [6.45, 7) is 0.313. The van der Waals surface area contributed by atoms with Crippen molar-refractivity contribution in [3.8, 4) is 23.3 Å². The number of nitrogens with zero attached hydrogens (tertiary/aromatic N) is 2. The van der Waals surface area contributed by atoms with E-state index in [1.165, 1.54) is 0 Å². The zero-order chi connectivity index (χ0) is 23.4. The van der Waals surface area contributed by atoms with Crippen molar-refractivity contribution in [3.63, 3.8) is 0 Å². The number of aromatic amines is 1. The number of benzene rings is 3. The number of hydrogen-bond donors (Lipinski definition) is 1. The van der Waals surface area contributed by atoms with Crippen LogP contribution in [-0.2, 0) is 6.61 Å². The zero-order valence-corrected chi connectivity index (χ0v) is 20.8. The quantitative estimate of drug-likeness (QED) is 0.203. The van der Waals surface area contributed by atoms with Crippen molar-refractivity contribution in [3.05, 3.63) is 80.1 Å². The fourth-order valence-electron chi connectivity index (χ4n) is 3.29. The highest BCUT2D eigenvalue weighted by atomic mass is 127. The molecule has 0 saturated carbocycles. The fourth-order valence-corrected chi connectivity index (χ4v) is 4.26. The molecule has 6 nitrogen and oxygen atoms in total. The van der Waals surface area contributed by atoms with Crippen molar-refractivity contribution < 1.29 is 14.2 Å². The van der Waals surface area contributed by atoms with Gasteiger partial charge < -0.3 is 19.2 Å². The highest BCUT2D eigenvalue weighted by Crippen LogP contribution is 2.36. The number of imidazole rings is 1. The van der Waals surface area contributed by atoms with Crippen LogP contribution in [-0.4, -0.2) is 24.2 Å². The average molecular weight is 572 g/mol. The molecule has 4 rings (SSSR count). The highest BCUT2D eigenvalue weighted by Gasteiger charge is 2.14. The standard InChI is InChI=1S/C25H19ClIN3O3/c1-31-18-7-8-21-22(12-18)30-25(29-21)17(13-28)9-15-10-20(27)24(23(11-15)32-2)33-14-16-5-3-4-6-19(16)26/h3-12H,14H2,1-2H3,(H,29,30)/b17-9-. The van der Waals surface area contributed by atoms with Gasteiger partial charge in [0.15, 0.2) is 11.5 Å². The minimum absolute atomic E-state index is 0.313. The van der Waals surface area contributed by atoms with Gasteiger partial charge in [-0.05, 0) is 64.6 Å². The monoisotopic (exact) mass is 571 g/mol. The third-order valence-corrected chi connectivity index (χ3v) is 6.13. The molecule has 0 aliphatic heterocycles. The Bertz CT molecular complexity index is 1390. The maximum Gasteiger partial charge on any atom is 0.174 e. The average Bonchev–Trinajstić information content (AvgIpc) is 3.25. The Labute approximate surface area is 209 Å². The van der Waals surface area contributed by atoms with Gasteiger partial charge in [-0.1, -0.05) is 29.8 Å². The molecular weight excluding hydrogens is 553 g/mol. The number of hydrogen-bond acceptors (Lipinski definition) is 5. The number of fused-ring (bicyclic) bond motifs is 1. The Balaban J connectivity index is 1.65. The largest absolute Gasteiger partial charge is 0.497 e. The van der Waals surface area contributed by atoms with Gasteiger partial charge in [-0.25, -0.2) is 4.98 Å². The second kappa shape index (κ2) is 10.1. The van der Waals surface area contributed by atoms with Crippen LogP contribution in [0, 0.1) is 14.9 Å². The molecule has 0 unspecified atom stereocenters. The third kappa shape index (κ3) is 5.07. The van der Waals surface area contributed by atoms with Crippen LogP contribution in [0.2, 0.25) is 5.02 Å². The van der Waals surface area contributed by atoms with Gasteiger partial charge in [0.1, 0.15) is 24.3 Å². The Morgan fingerprint density at radius 3 is 2.70 bits per heavy atom. The molecule has 1 aromatic heterocycles. The number of rotatable bonds is 7. The number of aromatic nitrogens is 2. The molecule has 8 heteroatoms. The lowest BCUT2D eigenvalue weighted by molar-refractivity contribution is 0.282. The minimum Gasteiger partial charge on any atom is -0.497 e. The van der Waals surface area contributed by atoms with E-state index in [1.54, 1.807) is 20.3 Å². The van der Waals surface area contributed by atoms with Gasteiger partial charge in [0, 0.05) is 16.7 Å². The lowest BCUT2D eigenvalue weighted by Crippen LogP contribution is -2.00. The van der Waals surface area contributed by atoms with E-state index in [9.17, 15) is 5.26 Å². The van der Waals surface area contributed by atoms with Crippen LogP contribution in [0.1, 0.15) is 17.0 Å². The first-order valence-electron chi connectivity index (χ1n) is 9.92. The second-order valence-electron chi connectivity index (χ2n) is 7.05. The zero-order valence-electron chi connectivity index (χ0n) is 17.9. The number of H-pyrrole nitrogens is 1. The van der Waals surface area contributed by atoms with Crippen molar-refractivity contribution in [1.82, 2.24) is 9.97 Å². The van der Waals surface area contributed by atoms with Crippen LogP contribution in [0.15, 0.2) is 54.6 Å². The van der Waals surface area contributed by atoms with E-state index in [-0.39, 0.29) is 0 Å². The minimum atomic E-state index is 0.313. The number of nitriles is 1. The van der Waals surface area contributed by atoms with Gasteiger partial charge >= 0.3 is 0 Å². The summed E-state index contributed by atoms with van der Waals surface area (Å²) in [6.07, 6.45) is 1.76. The maximum atomic E-state index is 9.78. The van der Waals surface area contributed by atoms with Gasteiger partial charge in [0.2, 0.25) is 0 Å². The molecule has 0 saturated heterocycles. The van der Waals surface area contributed by atoms with Crippen LogP contribution in [0.3, 0.4) is 0 Å². The molecule has 33 heavy (non-hydrogen) atoms. The van der Waals surface area contributed by atoms with Crippen LogP contribution >= 0.6 is 34.2 Å². The van der Waals surface area contributed by atoms with E-state index in [0.29, 0.717) is 40.3 Å². The topological polar surface area (TPSA) is 80.2 Å². The Morgan fingerprint density at radius 2 is 1.97 bits per heavy atom. The molecule has 0 radical (unpaired) electrons. The summed E-state index contributed by atoms with van der Waals surface area (Å²) in [5, 5.41) is 10.4. The highest BCUT2D eigenvalue weighted by molar-refractivity contribution is 14.1. The lowest BCUT2D eigenvalue weighted by Gasteiger charge is -2.14. The number of methoxy groups -OCH3 is 2. The molecule has 0 atom stereocenters. The van der Waals surface area contributed by atoms with Crippen molar-refractivity contribution in [2.24, 2.45) is 0 Å². The van der Waals surface area contributed by atoms with E-state index in [2.05, 4.69) is 38.6 Å². The molecule has 166 valence electrons. The molecule has 0 fully saturated rings. The third-order valence-electron chi connectivity index (χ3n) is 4.96. The van der Waals surface area contributed by atoms with Gasteiger partial charge in [-0.2, -0.15) is 5.26 Å². The summed E-state index contributed by atoms with van der Waals surface area (Å²) in [7, 11) is 3.19. The van der Waals surface area contributed by atoms with Crippen molar-refractivity contribution in [2.75, 3.05) is 14.2 Å². The smallest absolute Gasteiger partial charge is 0.174 e. The second-order valence-corrected chi connectivity index (χ2v) is 8.62. The molecular formula is C25H19ClIN3O3. The summed E-state index contributed by atoms with van der Waals surface area (Å²) in [5.74, 6) is 2.37. The predicted octanol–water partition coefficient (Wildman–Crippen LogP) is 6.48. The normalized spacial score (nSPS) is 11.3. The van der Waals surface area contributed by atoms with Crippen molar-refractivity contribution in [2.45, 2.75) is 6.61 Å². The number of halogens is 2. The molecule has 4 aromatic rings. The van der Waals surface area contributed by atoms with Crippen LogP contribution in [0.25, 0.3) is 22.7 Å². The first-order chi connectivity index (χ1) is 16.0. The molecule has 0 bridgehead atoms. The number of nitrogens with one attached hydrogen (secondary N) is 1. The SMILES string of the molecule is COc1ccc2nc(/C(C#N)=C\c3cc(I)c(OCc4ccccc4Cl)c(OC)c3)[nH]c2c1. The molecule has 0 aliphatic rings. The maximum absolute atomic E-state index is 9.78. The van der Waals surface area contributed by atoms with Crippen molar-refractivity contribution in [1.29, 1.82) is 5.26 Å². The van der Waals surface area contributed by atoms with Gasteiger partial charge in [-0.15, -0.1) is 0 Å². The molecule has 0 spiro atoms. The Morgan fingerprint density at radius 1 is 1.15 bits per heavy atom. The predicted molar refractivity (Wildman–Crippen MR) is 138 cm³/mol. The first kappa shape index (κ1) is 23.0.